The second kappa shape index (κ2) is 8.31. The minimum atomic E-state index is -1.38. The molecule has 4 unspecified atom stereocenters. The molecule has 3 rings (SSSR count). The van der Waals surface area contributed by atoms with Crippen molar-refractivity contribution in [3.8, 4) is 0 Å². The fourth-order valence-corrected chi connectivity index (χ4v) is 3.12. The molecule has 156 valence electrons. The number of amides is 1. The molecule has 1 aromatic rings. The molecule has 1 aromatic heterocycles. The summed E-state index contributed by atoms with van der Waals surface area (Å²) >= 11 is 0. The Balaban J connectivity index is 1.69. The van der Waals surface area contributed by atoms with Crippen LogP contribution in [0, 0.1) is 0 Å². The first kappa shape index (κ1) is 20.3. The van der Waals surface area contributed by atoms with Crippen LogP contribution in [-0.4, -0.2) is 69.2 Å². The number of anilines is 1. The van der Waals surface area contributed by atoms with E-state index in [2.05, 4.69) is 15.3 Å². The monoisotopic (exact) mass is 405 g/mol. The van der Waals surface area contributed by atoms with Crippen molar-refractivity contribution in [2.45, 2.75) is 37.3 Å². The number of aliphatic imine (C=N–C) groups is 1. The summed E-state index contributed by atoms with van der Waals surface area (Å²) in [7, 11) is 1.81. The van der Waals surface area contributed by atoms with Crippen molar-refractivity contribution < 1.29 is 19.4 Å². The van der Waals surface area contributed by atoms with Crippen LogP contribution in [0.1, 0.15) is 19.1 Å². The number of carbonyl (C=O) groups is 2. The third-order valence-electron chi connectivity index (χ3n) is 4.72. The van der Waals surface area contributed by atoms with Crippen molar-refractivity contribution in [2.75, 3.05) is 19.3 Å². The lowest BCUT2D eigenvalue weighted by Crippen LogP contribution is -2.51. The molecule has 1 amide bonds. The number of aliphatic carboxylic acids is 1. The molecule has 0 spiro atoms. The summed E-state index contributed by atoms with van der Waals surface area (Å²) < 4.78 is 6.62. The predicted molar refractivity (Wildman–Crippen MR) is 103 cm³/mol. The zero-order valence-electron chi connectivity index (χ0n) is 15.8. The topological polar surface area (TPSA) is 178 Å². The molecule has 0 aromatic carbocycles. The Kier molecular flexibility index (Phi) is 5.82. The molecule has 12 heteroatoms. The van der Waals surface area contributed by atoms with Gasteiger partial charge < -0.3 is 31.5 Å². The number of aromatic nitrogens is 2. The van der Waals surface area contributed by atoms with Gasteiger partial charge in [0.1, 0.15) is 5.82 Å². The SMILES string of the molecule is CN1CCC(CC(=O)NC2C=CC(n3ccc(N)nc3=O)OC2C(=O)O)N=C1N. The summed E-state index contributed by atoms with van der Waals surface area (Å²) in [5, 5.41) is 12.1. The van der Waals surface area contributed by atoms with Gasteiger partial charge in [0.25, 0.3) is 0 Å². The second-order valence-corrected chi connectivity index (χ2v) is 6.86. The van der Waals surface area contributed by atoms with Gasteiger partial charge in [-0.15, -0.1) is 0 Å². The van der Waals surface area contributed by atoms with Gasteiger partial charge in [0.05, 0.1) is 12.1 Å². The van der Waals surface area contributed by atoms with Gasteiger partial charge in [-0.05, 0) is 18.6 Å². The van der Waals surface area contributed by atoms with Crippen LogP contribution in [0.4, 0.5) is 5.82 Å². The van der Waals surface area contributed by atoms with Gasteiger partial charge in [0.2, 0.25) is 5.91 Å². The number of nitrogens with zero attached hydrogens (tertiary/aromatic N) is 4. The minimum Gasteiger partial charge on any atom is -0.479 e. The molecule has 0 fully saturated rings. The zero-order valence-corrected chi connectivity index (χ0v) is 15.8. The van der Waals surface area contributed by atoms with Gasteiger partial charge in [-0.1, -0.05) is 6.08 Å². The molecule has 6 N–H and O–H groups in total. The highest BCUT2D eigenvalue weighted by Crippen LogP contribution is 2.21. The Bertz CT molecular complexity index is 912. The van der Waals surface area contributed by atoms with Gasteiger partial charge >= 0.3 is 11.7 Å². The predicted octanol–water partition coefficient (Wildman–Crippen LogP) is -1.74. The Labute approximate surface area is 165 Å². The highest BCUT2D eigenvalue weighted by Gasteiger charge is 2.35. The van der Waals surface area contributed by atoms with Gasteiger partial charge in [-0.2, -0.15) is 4.98 Å². The minimum absolute atomic E-state index is 0.0446. The van der Waals surface area contributed by atoms with E-state index in [1.54, 1.807) is 4.90 Å². The average Bonchev–Trinajstić information content (AvgIpc) is 2.65. The molecule has 0 bridgehead atoms. The van der Waals surface area contributed by atoms with Gasteiger partial charge in [-0.25, -0.2) is 14.6 Å². The zero-order chi connectivity index (χ0) is 21.1. The number of ether oxygens (including phenoxy) is 1. The lowest BCUT2D eigenvalue weighted by Gasteiger charge is -2.31. The molecule has 2 aliphatic rings. The van der Waals surface area contributed by atoms with Crippen LogP contribution >= 0.6 is 0 Å². The number of rotatable bonds is 5. The summed E-state index contributed by atoms with van der Waals surface area (Å²) in [6, 6.07) is 0.229. The third kappa shape index (κ3) is 4.71. The quantitative estimate of drug-likeness (QED) is 0.414. The number of carboxylic acids is 1. The molecule has 3 heterocycles. The van der Waals surface area contributed by atoms with E-state index >= 15 is 0 Å². The lowest BCUT2D eigenvalue weighted by atomic mass is 10.1. The summed E-state index contributed by atoms with van der Waals surface area (Å²) in [6.45, 7) is 0.684. The number of guanidine groups is 1. The fraction of sp³-hybridized carbons (Fsp3) is 0.471. The molecule has 0 saturated heterocycles. The van der Waals surface area contributed by atoms with Crippen molar-refractivity contribution in [2.24, 2.45) is 10.7 Å². The van der Waals surface area contributed by atoms with E-state index < -0.39 is 30.0 Å². The summed E-state index contributed by atoms with van der Waals surface area (Å²) in [5.74, 6) is -1.24. The summed E-state index contributed by atoms with van der Waals surface area (Å²) in [6.07, 6.45) is 2.71. The van der Waals surface area contributed by atoms with Crippen LogP contribution in [0.15, 0.2) is 34.2 Å². The Morgan fingerprint density at radius 3 is 2.79 bits per heavy atom. The Morgan fingerprint density at radius 1 is 1.38 bits per heavy atom. The smallest absolute Gasteiger partial charge is 0.351 e. The molecule has 29 heavy (non-hydrogen) atoms. The molecular formula is C17H23N7O5. The van der Waals surface area contributed by atoms with Crippen molar-refractivity contribution in [3.05, 3.63) is 34.9 Å². The molecule has 0 radical (unpaired) electrons. The van der Waals surface area contributed by atoms with Crippen molar-refractivity contribution >= 4 is 23.7 Å². The molecular weight excluding hydrogens is 382 g/mol. The number of hydrogen-bond donors (Lipinski definition) is 4. The first-order valence-electron chi connectivity index (χ1n) is 8.99. The number of carboxylic acid groups (broad SMARTS) is 1. The molecule has 0 aliphatic carbocycles. The number of hydrogen-bond acceptors (Lipinski definition) is 9. The highest BCUT2D eigenvalue weighted by molar-refractivity contribution is 5.82. The summed E-state index contributed by atoms with van der Waals surface area (Å²) in [5.41, 5.74) is 10.6. The Hall–Kier alpha value is -3.41. The lowest BCUT2D eigenvalue weighted by molar-refractivity contribution is -0.159. The van der Waals surface area contributed by atoms with E-state index in [-0.39, 0.29) is 24.2 Å². The standard InChI is InChI=1S/C17H23N7O5/c1-23-6-4-9(20-16(23)19)8-12(25)21-10-2-3-13(29-14(10)15(26)27)24-7-5-11(18)22-17(24)28/h2-3,5,7,9-10,13-14H,4,6,8H2,1H3,(H2,19,20)(H,21,25)(H,26,27)(H2,18,22,28). The maximum atomic E-state index is 12.4. The molecule has 4 atom stereocenters. The fourth-order valence-electron chi connectivity index (χ4n) is 3.12. The molecule has 2 aliphatic heterocycles. The number of nitrogen functional groups attached to an aromatic ring is 1. The maximum absolute atomic E-state index is 12.4. The third-order valence-corrected chi connectivity index (χ3v) is 4.72. The van der Waals surface area contributed by atoms with E-state index in [0.29, 0.717) is 18.9 Å². The second-order valence-electron chi connectivity index (χ2n) is 6.86. The van der Waals surface area contributed by atoms with Crippen molar-refractivity contribution in [1.82, 2.24) is 19.8 Å². The van der Waals surface area contributed by atoms with Crippen LogP contribution < -0.4 is 22.5 Å². The molecule has 12 nitrogen and oxygen atoms in total. The molecule has 0 saturated carbocycles. The van der Waals surface area contributed by atoms with E-state index in [1.807, 2.05) is 7.05 Å². The number of nitrogens with two attached hydrogens (primary N) is 2. The van der Waals surface area contributed by atoms with Crippen LogP contribution in [0.3, 0.4) is 0 Å². The van der Waals surface area contributed by atoms with Gasteiger partial charge in [0, 0.05) is 26.2 Å². The van der Waals surface area contributed by atoms with Gasteiger partial charge in [0.15, 0.2) is 18.3 Å². The average molecular weight is 405 g/mol. The Morgan fingerprint density at radius 2 is 2.14 bits per heavy atom. The van der Waals surface area contributed by atoms with E-state index in [1.165, 1.54) is 24.4 Å². The van der Waals surface area contributed by atoms with Crippen LogP contribution in [0.5, 0.6) is 0 Å². The largest absolute Gasteiger partial charge is 0.479 e. The van der Waals surface area contributed by atoms with E-state index in [9.17, 15) is 19.5 Å². The van der Waals surface area contributed by atoms with Crippen molar-refractivity contribution in [3.63, 3.8) is 0 Å². The number of nitrogens with one attached hydrogen (secondary N) is 1. The van der Waals surface area contributed by atoms with E-state index in [0.717, 1.165) is 4.57 Å². The first-order valence-corrected chi connectivity index (χ1v) is 8.99. The summed E-state index contributed by atoms with van der Waals surface area (Å²) in [4.78, 5) is 45.6. The van der Waals surface area contributed by atoms with Crippen LogP contribution in [0.2, 0.25) is 0 Å². The number of carbonyl (C=O) groups excluding carboxylic acids is 1. The van der Waals surface area contributed by atoms with Crippen LogP contribution in [-0.2, 0) is 14.3 Å². The maximum Gasteiger partial charge on any atom is 0.351 e. The highest BCUT2D eigenvalue weighted by atomic mass is 16.5. The first-order chi connectivity index (χ1) is 13.7. The van der Waals surface area contributed by atoms with E-state index in [4.69, 9.17) is 16.2 Å². The van der Waals surface area contributed by atoms with Crippen molar-refractivity contribution in [1.29, 1.82) is 0 Å². The van der Waals surface area contributed by atoms with Gasteiger partial charge in [-0.3, -0.25) is 9.36 Å². The van der Waals surface area contributed by atoms with Crippen LogP contribution in [0.25, 0.3) is 0 Å². The normalized spacial score (nSPS) is 26.7.